The van der Waals surface area contributed by atoms with Crippen LogP contribution in [-0.2, 0) is 9.53 Å². The van der Waals surface area contributed by atoms with Crippen molar-refractivity contribution in [2.45, 2.75) is 51.2 Å². The second-order valence-electron chi connectivity index (χ2n) is 11.1. The van der Waals surface area contributed by atoms with E-state index in [2.05, 4.69) is 30.5 Å². The van der Waals surface area contributed by atoms with Crippen molar-refractivity contribution in [3.05, 3.63) is 54.6 Å². The Hall–Kier alpha value is -2.37. The summed E-state index contributed by atoms with van der Waals surface area (Å²) in [6.45, 7) is 7.99. The van der Waals surface area contributed by atoms with Gasteiger partial charge in [-0.2, -0.15) is 0 Å². The lowest BCUT2D eigenvalue weighted by Crippen LogP contribution is -2.46. The number of nitrogens with zero attached hydrogens (tertiary/aromatic N) is 1. The average Bonchev–Trinajstić information content (AvgIpc) is 3.09. The van der Waals surface area contributed by atoms with Gasteiger partial charge in [-0.3, -0.25) is 4.79 Å². The lowest BCUT2D eigenvalue weighted by molar-refractivity contribution is -0.146. The number of likely N-dealkylation sites (N-methyl/N-ethyl adjacent to an activating group) is 1. The fourth-order valence-corrected chi connectivity index (χ4v) is 6.80. The average molecular weight is 464 g/mol. The van der Waals surface area contributed by atoms with Crippen molar-refractivity contribution in [3.63, 3.8) is 0 Å². The minimum atomic E-state index is -0.648. The summed E-state index contributed by atoms with van der Waals surface area (Å²) in [5.41, 5.74) is 1.58. The molecule has 5 nitrogen and oxygen atoms in total. The summed E-state index contributed by atoms with van der Waals surface area (Å²) in [6.07, 6.45) is 4.83. The molecule has 2 aromatic rings. The Morgan fingerprint density at radius 1 is 1.26 bits per heavy atom. The lowest BCUT2D eigenvalue weighted by Gasteiger charge is -2.50. The summed E-state index contributed by atoms with van der Waals surface area (Å²) in [7, 11) is 1.97. The largest absolute Gasteiger partial charge is 0.490 e. The molecular formula is C29H37NO4. The molecular weight excluding hydrogens is 426 g/mol. The first-order valence-electron chi connectivity index (χ1n) is 12.7. The van der Waals surface area contributed by atoms with E-state index in [1.807, 2.05) is 37.4 Å². The predicted molar refractivity (Wildman–Crippen MR) is 134 cm³/mol. The van der Waals surface area contributed by atoms with Crippen LogP contribution in [0.5, 0.6) is 5.75 Å². The van der Waals surface area contributed by atoms with Crippen molar-refractivity contribution in [2.24, 2.45) is 23.2 Å². The number of aliphatic hydroxyl groups excluding tert-OH is 1. The van der Waals surface area contributed by atoms with E-state index in [1.54, 1.807) is 0 Å². The van der Waals surface area contributed by atoms with Crippen LogP contribution in [0.1, 0.15) is 39.0 Å². The molecule has 0 aromatic heterocycles. The second-order valence-corrected chi connectivity index (χ2v) is 11.1. The van der Waals surface area contributed by atoms with Crippen molar-refractivity contribution in [3.8, 4) is 5.75 Å². The van der Waals surface area contributed by atoms with Gasteiger partial charge in [0.1, 0.15) is 24.6 Å². The molecule has 0 amide bonds. The van der Waals surface area contributed by atoms with E-state index in [0.717, 1.165) is 35.8 Å². The molecule has 1 heterocycles. The van der Waals surface area contributed by atoms with Crippen LogP contribution in [0.15, 0.2) is 54.6 Å². The minimum Gasteiger partial charge on any atom is -0.490 e. The number of benzene rings is 2. The molecule has 182 valence electrons. The number of esters is 1. The maximum Gasteiger partial charge on any atom is 0.310 e. The maximum atomic E-state index is 12.8. The zero-order chi connectivity index (χ0) is 23.9. The van der Waals surface area contributed by atoms with E-state index in [4.69, 9.17) is 9.47 Å². The van der Waals surface area contributed by atoms with Crippen LogP contribution in [-0.4, -0.2) is 54.9 Å². The number of aliphatic hydroxyl groups is 1. The number of ether oxygens (including phenoxy) is 2. The topological polar surface area (TPSA) is 59.0 Å². The third-order valence-electron chi connectivity index (χ3n) is 8.53. The van der Waals surface area contributed by atoms with Gasteiger partial charge in [-0.05, 0) is 61.9 Å². The zero-order valence-corrected chi connectivity index (χ0v) is 20.4. The highest BCUT2D eigenvalue weighted by atomic mass is 16.6. The molecule has 5 rings (SSSR count). The molecule has 3 aliphatic rings. The van der Waals surface area contributed by atoms with E-state index >= 15 is 0 Å². The van der Waals surface area contributed by atoms with Crippen molar-refractivity contribution in [2.75, 3.05) is 26.7 Å². The highest BCUT2D eigenvalue weighted by molar-refractivity contribution is 5.88. The molecule has 3 fully saturated rings. The van der Waals surface area contributed by atoms with Gasteiger partial charge in [0.25, 0.3) is 0 Å². The Morgan fingerprint density at radius 2 is 2.06 bits per heavy atom. The molecule has 0 unspecified atom stereocenters. The molecule has 6 atom stereocenters. The molecule has 0 radical (unpaired) electrons. The van der Waals surface area contributed by atoms with Crippen LogP contribution < -0.4 is 4.74 Å². The molecule has 2 aromatic carbocycles. The van der Waals surface area contributed by atoms with E-state index in [9.17, 15) is 9.90 Å². The molecule has 0 spiro atoms. The number of hydrogen-bond acceptors (Lipinski definition) is 5. The highest BCUT2D eigenvalue weighted by Gasteiger charge is 2.55. The highest BCUT2D eigenvalue weighted by Crippen LogP contribution is 2.56. The van der Waals surface area contributed by atoms with Crippen molar-refractivity contribution in [1.82, 2.24) is 4.90 Å². The van der Waals surface area contributed by atoms with E-state index in [0.29, 0.717) is 19.0 Å². The van der Waals surface area contributed by atoms with E-state index in [1.165, 1.54) is 18.4 Å². The molecule has 2 saturated carbocycles. The molecule has 2 aliphatic carbocycles. The summed E-state index contributed by atoms with van der Waals surface area (Å²) in [5.74, 6) is 1.30. The van der Waals surface area contributed by atoms with Crippen LogP contribution in [0.3, 0.4) is 0 Å². The van der Waals surface area contributed by atoms with Crippen molar-refractivity contribution in [1.29, 1.82) is 0 Å². The summed E-state index contributed by atoms with van der Waals surface area (Å²) in [4.78, 5) is 14.9. The van der Waals surface area contributed by atoms with Gasteiger partial charge in [0, 0.05) is 24.4 Å². The molecule has 1 aliphatic heterocycles. The summed E-state index contributed by atoms with van der Waals surface area (Å²) < 4.78 is 11.9. The predicted octanol–water partition coefficient (Wildman–Crippen LogP) is 4.83. The molecule has 1 saturated heterocycles. The summed E-state index contributed by atoms with van der Waals surface area (Å²) in [5, 5.41) is 12.8. The molecule has 34 heavy (non-hydrogen) atoms. The summed E-state index contributed by atoms with van der Waals surface area (Å²) >= 11 is 0. The van der Waals surface area contributed by atoms with Crippen LogP contribution >= 0.6 is 0 Å². The van der Waals surface area contributed by atoms with Gasteiger partial charge in [-0.25, -0.2) is 0 Å². The fourth-order valence-electron chi connectivity index (χ4n) is 6.80. The quantitative estimate of drug-likeness (QED) is 0.471. The Labute approximate surface area is 202 Å². The maximum absolute atomic E-state index is 12.8. The third kappa shape index (κ3) is 4.48. The van der Waals surface area contributed by atoms with Crippen molar-refractivity contribution >= 4 is 16.7 Å². The van der Waals surface area contributed by atoms with Crippen LogP contribution in [0, 0.1) is 23.2 Å². The van der Waals surface area contributed by atoms with Gasteiger partial charge in [0.05, 0.1) is 5.92 Å². The number of carbonyl (C=O) groups is 1. The molecule has 5 heteroatoms. The van der Waals surface area contributed by atoms with Gasteiger partial charge in [-0.1, -0.05) is 55.5 Å². The third-order valence-corrected chi connectivity index (χ3v) is 8.53. The number of carbonyl (C=O) groups excluding carboxylic acids is 1. The Bertz CT molecular complexity index is 1060. The van der Waals surface area contributed by atoms with Crippen molar-refractivity contribution < 1.29 is 19.4 Å². The first-order chi connectivity index (χ1) is 16.3. The van der Waals surface area contributed by atoms with Gasteiger partial charge in [0.2, 0.25) is 0 Å². The number of allylic oxidation sites excluding steroid dienone is 1. The molecule has 0 bridgehead atoms. The van der Waals surface area contributed by atoms with Gasteiger partial charge in [0.15, 0.2) is 0 Å². The smallest absolute Gasteiger partial charge is 0.310 e. The monoisotopic (exact) mass is 463 g/mol. The first kappa shape index (κ1) is 23.4. The normalized spacial score (nSPS) is 31.8. The zero-order valence-electron chi connectivity index (χ0n) is 20.4. The van der Waals surface area contributed by atoms with Gasteiger partial charge < -0.3 is 19.5 Å². The number of fused-ring (bicyclic) bond motifs is 3. The Balaban J connectivity index is 1.17. The SMILES string of the molecule is C=C1CCC[C@]2(C)C[C@H]3OC(=O)[C@@H](CN(C)C[C@H](O)COc4cccc5ccccc45)[C@H]3C[C@@H]12. The van der Waals surface area contributed by atoms with Gasteiger partial charge in [-0.15, -0.1) is 0 Å². The first-order valence-corrected chi connectivity index (χ1v) is 12.7. The van der Waals surface area contributed by atoms with Crippen LogP contribution in [0.2, 0.25) is 0 Å². The Morgan fingerprint density at radius 3 is 2.91 bits per heavy atom. The minimum absolute atomic E-state index is 0.0256. The van der Waals surface area contributed by atoms with Crippen LogP contribution in [0.25, 0.3) is 10.8 Å². The number of rotatable bonds is 7. The van der Waals surface area contributed by atoms with Gasteiger partial charge >= 0.3 is 5.97 Å². The Kier molecular flexibility index (Phi) is 6.43. The van der Waals surface area contributed by atoms with E-state index in [-0.39, 0.29) is 35.9 Å². The van der Waals surface area contributed by atoms with Crippen LogP contribution in [0.4, 0.5) is 0 Å². The second kappa shape index (κ2) is 9.35. The standard InChI is InChI=1S/C29H37NO4/c1-19-8-7-13-29(2)15-27-23(14-25(19)29)24(28(32)34-27)17-30(3)16-21(31)18-33-26-12-6-10-20-9-4-5-11-22(20)26/h4-6,9-12,21,23-25,27,31H,1,7-8,13-18H2,2-3H3/t21-,23+,24-,25-,27+,29+/m0/s1. The fraction of sp³-hybridized carbons (Fsp3) is 0.552. The lowest BCUT2D eigenvalue weighted by atomic mass is 9.55. The molecule has 1 N–H and O–H groups in total. The number of hydrogen-bond donors (Lipinski definition) is 1. The summed E-state index contributed by atoms with van der Waals surface area (Å²) in [6, 6.07) is 14.0. The van der Waals surface area contributed by atoms with E-state index < -0.39 is 6.10 Å².